The quantitative estimate of drug-likeness (QED) is 0.658. The van der Waals surface area contributed by atoms with Gasteiger partial charge in [-0.3, -0.25) is 9.78 Å². The van der Waals surface area contributed by atoms with Crippen LogP contribution in [0.15, 0.2) is 55.0 Å². The highest BCUT2D eigenvalue weighted by Crippen LogP contribution is 2.08. The predicted molar refractivity (Wildman–Crippen MR) is 70.3 cm³/mol. The Kier molecular flexibility index (Phi) is 3.81. The smallest absolute Gasteiger partial charge is 0.205 e. The molecule has 0 fully saturated rings. The molecule has 0 saturated heterocycles. The van der Waals surface area contributed by atoms with Crippen LogP contribution in [0.5, 0.6) is 0 Å². The minimum absolute atomic E-state index is 0.142. The number of nitrogens with one attached hydrogen (secondary N) is 1. The van der Waals surface area contributed by atoms with Gasteiger partial charge in [0.2, 0.25) is 5.78 Å². The molecule has 0 aliphatic rings. The van der Waals surface area contributed by atoms with E-state index in [-0.39, 0.29) is 5.78 Å². The molecule has 2 aromatic rings. The van der Waals surface area contributed by atoms with E-state index in [1.807, 2.05) is 19.1 Å². The van der Waals surface area contributed by atoms with Crippen LogP contribution in [0.4, 0.5) is 5.82 Å². The van der Waals surface area contributed by atoms with Crippen LogP contribution < -0.4 is 5.32 Å². The van der Waals surface area contributed by atoms with Crippen LogP contribution >= 0.6 is 0 Å². The molecule has 0 unspecified atom stereocenters. The Balaban J connectivity index is 2.01. The number of ketones is 1. The van der Waals surface area contributed by atoms with Gasteiger partial charge in [0.25, 0.3) is 0 Å². The van der Waals surface area contributed by atoms with E-state index in [0.29, 0.717) is 5.69 Å². The van der Waals surface area contributed by atoms with Gasteiger partial charge in [-0.15, -0.1) is 0 Å². The van der Waals surface area contributed by atoms with Crippen molar-refractivity contribution in [3.05, 3.63) is 66.3 Å². The third-order valence-corrected chi connectivity index (χ3v) is 2.38. The number of hydrogen-bond donors (Lipinski definition) is 1. The average molecular weight is 239 g/mol. The van der Waals surface area contributed by atoms with Crippen molar-refractivity contribution < 1.29 is 4.79 Å². The second-order valence-corrected chi connectivity index (χ2v) is 3.73. The molecule has 90 valence electrons. The molecule has 2 aromatic heterocycles. The Morgan fingerprint density at radius 1 is 1.17 bits per heavy atom. The lowest BCUT2D eigenvalue weighted by Gasteiger charge is -2.02. The molecule has 0 aliphatic heterocycles. The largest absolute Gasteiger partial charge is 0.346 e. The zero-order valence-electron chi connectivity index (χ0n) is 10.00. The highest BCUT2D eigenvalue weighted by molar-refractivity contribution is 6.03. The SMILES string of the molecule is Cc1cccnc1N/C=C\C(=O)c1ccccn1. The molecule has 4 heteroatoms. The number of carbonyl (C=O) groups is 1. The van der Waals surface area contributed by atoms with Crippen molar-refractivity contribution in [2.45, 2.75) is 6.92 Å². The van der Waals surface area contributed by atoms with Gasteiger partial charge in [-0.05, 0) is 30.7 Å². The van der Waals surface area contributed by atoms with Crippen molar-refractivity contribution in [3.63, 3.8) is 0 Å². The summed E-state index contributed by atoms with van der Waals surface area (Å²) in [6.45, 7) is 1.95. The number of nitrogens with zero attached hydrogens (tertiary/aromatic N) is 2. The molecule has 2 rings (SSSR count). The maximum absolute atomic E-state index is 11.7. The molecule has 0 spiro atoms. The fourth-order valence-corrected chi connectivity index (χ4v) is 1.43. The first kappa shape index (κ1) is 12.0. The second kappa shape index (κ2) is 5.72. The molecule has 0 bridgehead atoms. The van der Waals surface area contributed by atoms with Gasteiger partial charge in [0, 0.05) is 24.7 Å². The van der Waals surface area contributed by atoms with Crippen molar-refractivity contribution in [3.8, 4) is 0 Å². The molecule has 0 atom stereocenters. The van der Waals surface area contributed by atoms with Crippen LogP contribution in [0.25, 0.3) is 0 Å². The van der Waals surface area contributed by atoms with Crippen LogP contribution in [0.2, 0.25) is 0 Å². The topological polar surface area (TPSA) is 54.9 Å². The van der Waals surface area contributed by atoms with E-state index in [1.165, 1.54) is 6.08 Å². The summed E-state index contributed by atoms with van der Waals surface area (Å²) in [5, 5.41) is 2.97. The molecule has 0 amide bonds. The summed E-state index contributed by atoms with van der Waals surface area (Å²) in [4.78, 5) is 19.8. The van der Waals surface area contributed by atoms with Gasteiger partial charge in [-0.1, -0.05) is 12.1 Å². The van der Waals surface area contributed by atoms with Crippen LogP contribution in [0.3, 0.4) is 0 Å². The Hall–Kier alpha value is -2.49. The van der Waals surface area contributed by atoms with Crippen LogP contribution in [0.1, 0.15) is 16.1 Å². The van der Waals surface area contributed by atoms with Crippen LogP contribution in [-0.2, 0) is 0 Å². The average Bonchev–Trinajstić information content (AvgIpc) is 2.42. The molecule has 1 N–H and O–H groups in total. The van der Waals surface area contributed by atoms with E-state index in [1.54, 1.807) is 36.8 Å². The lowest BCUT2D eigenvalue weighted by Crippen LogP contribution is -1.99. The number of rotatable bonds is 4. The van der Waals surface area contributed by atoms with Gasteiger partial charge in [-0.2, -0.15) is 0 Å². The van der Waals surface area contributed by atoms with Crippen LogP contribution in [-0.4, -0.2) is 15.8 Å². The molecule has 0 aromatic carbocycles. The highest BCUT2D eigenvalue weighted by atomic mass is 16.1. The summed E-state index contributed by atoms with van der Waals surface area (Å²) < 4.78 is 0. The maximum atomic E-state index is 11.7. The van der Waals surface area contributed by atoms with Crippen molar-refractivity contribution in [2.24, 2.45) is 0 Å². The fourth-order valence-electron chi connectivity index (χ4n) is 1.43. The molecule has 4 nitrogen and oxygen atoms in total. The third-order valence-electron chi connectivity index (χ3n) is 2.38. The Morgan fingerprint density at radius 3 is 2.72 bits per heavy atom. The van der Waals surface area contributed by atoms with Gasteiger partial charge in [0.1, 0.15) is 11.5 Å². The summed E-state index contributed by atoms with van der Waals surface area (Å²) in [6.07, 6.45) is 6.31. The molecule has 2 heterocycles. The number of allylic oxidation sites excluding steroid dienone is 1. The molecular formula is C14H13N3O. The third kappa shape index (κ3) is 3.01. The zero-order chi connectivity index (χ0) is 12.8. The van der Waals surface area contributed by atoms with E-state index < -0.39 is 0 Å². The first-order valence-electron chi connectivity index (χ1n) is 5.57. The van der Waals surface area contributed by atoms with Crippen molar-refractivity contribution in [2.75, 3.05) is 5.32 Å². The first-order valence-corrected chi connectivity index (χ1v) is 5.57. The number of carbonyl (C=O) groups excluding carboxylic acids is 1. The van der Waals surface area contributed by atoms with Gasteiger partial charge in [-0.25, -0.2) is 4.98 Å². The molecule has 0 radical (unpaired) electrons. The highest BCUT2D eigenvalue weighted by Gasteiger charge is 2.01. The minimum atomic E-state index is -0.142. The molecule has 18 heavy (non-hydrogen) atoms. The fraction of sp³-hybridized carbons (Fsp3) is 0.0714. The normalized spacial score (nSPS) is 10.5. The van der Waals surface area contributed by atoms with Gasteiger partial charge in [0.05, 0.1) is 0 Å². The summed E-state index contributed by atoms with van der Waals surface area (Å²) in [5.41, 5.74) is 1.45. The van der Waals surface area contributed by atoms with Gasteiger partial charge in [0.15, 0.2) is 0 Å². The summed E-state index contributed by atoms with van der Waals surface area (Å²) in [7, 11) is 0. The van der Waals surface area contributed by atoms with E-state index in [4.69, 9.17) is 0 Å². The molecule has 0 aliphatic carbocycles. The Labute approximate surface area is 105 Å². The van der Waals surface area contributed by atoms with Crippen LogP contribution in [0, 0.1) is 6.92 Å². The summed E-state index contributed by atoms with van der Waals surface area (Å²) in [5.74, 6) is 0.597. The first-order chi connectivity index (χ1) is 8.77. The lowest BCUT2D eigenvalue weighted by atomic mass is 10.2. The summed E-state index contributed by atoms with van der Waals surface area (Å²) >= 11 is 0. The standard InChI is InChI=1S/C14H13N3O/c1-11-5-4-9-16-14(11)17-10-7-13(18)12-6-2-3-8-15-12/h2-10H,1H3,(H,16,17)/b10-7-. The van der Waals surface area contributed by atoms with Gasteiger partial charge >= 0.3 is 0 Å². The number of aryl methyl sites for hydroxylation is 1. The van der Waals surface area contributed by atoms with E-state index >= 15 is 0 Å². The van der Waals surface area contributed by atoms with E-state index in [2.05, 4.69) is 15.3 Å². The number of anilines is 1. The molecule has 0 saturated carbocycles. The van der Waals surface area contributed by atoms with E-state index in [9.17, 15) is 4.79 Å². The number of hydrogen-bond acceptors (Lipinski definition) is 4. The lowest BCUT2D eigenvalue weighted by molar-refractivity contribution is 0.104. The van der Waals surface area contributed by atoms with Gasteiger partial charge < -0.3 is 5.32 Å². The Bertz CT molecular complexity index is 564. The summed E-state index contributed by atoms with van der Waals surface area (Å²) in [6, 6.07) is 9.05. The second-order valence-electron chi connectivity index (χ2n) is 3.73. The van der Waals surface area contributed by atoms with E-state index in [0.717, 1.165) is 11.4 Å². The predicted octanol–water partition coefficient (Wildman–Crippen LogP) is 2.59. The number of aromatic nitrogens is 2. The monoisotopic (exact) mass is 239 g/mol. The van der Waals surface area contributed by atoms with Crippen molar-refractivity contribution in [1.82, 2.24) is 9.97 Å². The van der Waals surface area contributed by atoms with Crippen molar-refractivity contribution in [1.29, 1.82) is 0 Å². The zero-order valence-corrected chi connectivity index (χ0v) is 10.00. The minimum Gasteiger partial charge on any atom is -0.346 e. The maximum Gasteiger partial charge on any atom is 0.205 e. The number of pyridine rings is 2. The molecular weight excluding hydrogens is 226 g/mol. The Morgan fingerprint density at radius 2 is 2.00 bits per heavy atom. The van der Waals surface area contributed by atoms with Crippen molar-refractivity contribution >= 4 is 11.6 Å².